The molecule has 0 spiro atoms. The number of pyridine rings is 1. The van der Waals surface area contributed by atoms with Crippen molar-refractivity contribution in [2.24, 2.45) is 0 Å². The maximum Gasteiger partial charge on any atom is 0.409 e. The van der Waals surface area contributed by atoms with Crippen molar-refractivity contribution in [3.05, 3.63) is 23.9 Å². The number of hydrogen-bond acceptors (Lipinski definition) is 5. The predicted octanol–water partition coefficient (Wildman–Crippen LogP) is 1.82. The molecule has 7 nitrogen and oxygen atoms in total. The number of piperazine rings is 1. The number of amides is 2. The molecule has 1 aromatic rings. The molecule has 1 N–H and O–H groups in total. The largest absolute Gasteiger partial charge is 0.450 e. The second-order valence-electron chi connectivity index (χ2n) is 5.68. The van der Waals surface area contributed by atoms with Crippen LogP contribution in [0.1, 0.15) is 31.1 Å². The number of carbonyl (C=O) groups excluding carboxylic acids is 2. The number of hydrogen-bond donors (Lipinski definition) is 1. The zero-order valence-corrected chi connectivity index (χ0v) is 13.9. The molecule has 0 unspecified atom stereocenters. The highest BCUT2D eigenvalue weighted by molar-refractivity contribution is 5.98. The van der Waals surface area contributed by atoms with Crippen molar-refractivity contribution in [3.63, 3.8) is 0 Å². The van der Waals surface area contributed by atoms with E-state index >= 15 is 0 Å². The van der Waals surface area contributed by atoms with Crippen LogP contribution in [0.4, 0.5) is 10.6 Å². The van der Waals surface area contributed by atoms with Gasteiger partial charge < -0.3 is 19.9 Å². The van der Waals surface area contributed by atoms with Gasteiger partial charge in [-0.3, -0.25) is 4.79 Å². The molecule has 1 aromatic heterocycles. The molecule has 126 valence electrons. The van der Waals surface area contributed by atoms with Crippen LogP contribution in [0, 0.1) is 0 Å². The SMILES string of the molecule is CCOC(=O)N1CCN(C(=O)c2cccnc2NC(C)C)CC1. The van der Waals surface area contributed by atoms with Crippen molar-refractivity contribution >= 4 is 17.8 Å². The molecule has 0 aromatic carbocycles. The minimum absolute atomic E-state index is 0.0650. The molecule has 7 heteroatoms. The molecular weight excluding hydrogens is 296 g/mol. The third-order valence-electron chi connectivity index (χ3n) is 3.56. The van der Waals surface area contributed by atoms with Gasteiger partial charge in [-0.1, -0.05) is 0 Å². The fourth-order valence-electron chi connectivity index (χ4n) is 2.44. The molecule has 2 rings (SSSR count). The average Bonchev–Trinajstić information content (AvgIpc) is 2.54. The van der Waals surface area contributed by atoms with Crippen LogP contribution in [0.3, 0.4) is 0 Å². The van der Waals surface area contributed by atoms with Gasteiger partial charge in [-0.2, -0.15) is 0 Å². The highest BCUT2D eigenvalue weighted by Gasteiger charge is 2.26. The number of anilines is 1. The third kappa shape index (κ3) is 4.34. The molecule has 0 bridgehead atoms. The maximum absolute atomic E-state index is 12.7. The quantitative estimate of drug-likeness (QED) is 0.916. The third-order valence-corrected chi connectivity index (χ3v) is 3.56. The Morgan fingerprint density at radius 1 is 1.26 bits per heavy atom. The summed E-state index contributed by atoms with van der Waals surface area (Å²) in [6, 6.07) is 3.72. The Kier molecular flexibility index (Phi) is 5.78. The number of nitrogens with zero attached hydrogens (tertiary/aromatic N) is 3. The maximum atomic E-state index is 12.7. The summed E-state index contributed by atoms with van der Waals surface area (Å²) in [6.45, 7) is 8.10. The number of carbonyl (C=O) groups is 2. The molecular formula is C16H24N4O3. The lowest BCUT2D eigenvalue weighted by Crippen LogP contribution is -2.50. The molecule has 1 aliphatic heterocycles. The summed E-state index contributed by atoms with van der Waals surface area (Å²) >= 11 is 0. The zero-order valence-electron chi connectivity index (χ0n) is 13.9. The van der Waals surface area contributed by atoms with Crippen LogP contribution in [-0.4, -0.2) is 65.6 Å². The standard InChI is InChI=1S/C16H24N4O3/c1-4-23-16(22)20-10-8-19(9-11-20)15(21)13-6-5-7-17-14(13)18-12(2)3/h5-7,12H,4,8-11H2,1-3H3,(H,17,18). The topological polar surface area (TPSA) is 74.8 Å². The van der Waals surface area contributed by atoms with E-state index in [0.29, 0.717) is 44.2 Å². The minimum Gasteiger partial charge on any atom is -0.450 e. The molecule has 2 heterocycles. The number of aromatic nitrogens is 1. The fourth-order valence-corrected chi connectivity index (χ4v) is 2.44. The van der Waals surface area contributed by atoms with Gasteiger partial charge in [0.15, 0.2) is 0 Å². The second-order valence-corrected chi connectivity index (χ2v) is 5.68. The number of ether oxygens (including phenoxy) is 1. The van der Waals surface area contributed by atoms with Crippen molar-refractivity contribution in [3.8, 4) is 0 Å². The number of rotatable bonds is 4. The van der Waals surface area contributed by atoms with Gasteiger partial charge in [0.05, 0.1) is 12.2 Å². The van der Waals surface area contributed by atoms with Gasteiger partial charge in [-0.25, -0.2) is 9.78 Å². The molecule has 1 fully saturated rings. The molecule has 2 amide bonds. The Hall–Kier alpha value is -2.31. The van der Waals surface area contributed by atoms with Crippen molar-refractivity contribution < 1.29 is 14.3 Å². The van der Waals surface area contributed by atoms with Crippen LogP contribution in [0.2, 0.25) is 0 Å². The normalized spacial score (nSPS) is 14.8. The van der Waals surface area contributed by atoms with E-state index in [1.807, 2.05) is 13.8 Å². The molecule has 23 heavy (non-hydrogen) atoms. The first kappa shape index (κ1) is 17.1. The van der Waals surface area contributed by atoms with E-state index in [0.717, 1.165) is 0 Å². The highest BCUT2D eigenvalue weighted by Crippen LogP contribution is 2.17. The average molecular weight is 320 g/mol. The van der Waals surface area contributed by atoms with E-state index < -0.39 is 0 Å². The molecule has 0 radical (unpaired) electrons. The summed E-state index contributed by atoms with van der Waals surface area (Å²) in [5.41, 5.74) is 0.561. The first-order chi connectivity index (χ1) is 11.0. The van der Waals surface area contributed by atoms with E-state index in [2.05, 4.69) is 10.3 Å². The molecule has 0 saturated carbocycles. The summed E-state index contributed by atoms with van der Waals surface area (Å²) in [6.07, 6.45) is 1.35. The van der Waals surface area contributed by atoms with Crippen molar-refractivity contribution in [2.45, 2.75) is 26.8 Å². The fraction of sp³-hybridized carbons (Fsp3) is 0.562. The van der Waals surface area contributed by atoms with E-state index in [-0.39, 0.29) is 18.0 Å². The summed E-state index contributed by atoms with van der Waals surface area (Å²) in [4.78, 5) is 32.1. The van der Waals surface area contributed by atoms with Crippen molar-refractivity contribution in [2.75, 3.05) is 38.1 Å². The monoisotopic (exact) mass is 320 g/mol. The Labute approximate surface area is 136 Å². The molecule has 0 atom stereocenters. The lowest BCUT2D eigenvalue weighted by molar-refractivity contribution is 0.0571. The first-order valence-corrected chi connectivity index (χ1v) is 7.95. The van der Waals surface area contributed by atoms with Crippen LogP contribution < -0.4 is 5.32 Å². The molecule has 1 saturated heterocycles. The van der Waals surface area contributed by atoms with Crippen LogP contribution in [0.5, 0.6) is 0 Å². The summed E-state index contributed by atoms with van der Waals surface area (Å²) in [5, 5.41) is 3.19. The van der Waals surface area contributed by atoms with E-state index in [1.54, 1.807) is 35.1 Å². The van der Waals surface area contributed by atoms with Crippen LogP contribution >= 0.6 is 0 Å². The van der Waals surface area contributed by atoms with E-state index in [9.17, 15) is 9.59 Å². The lowest BCUT2D eigenvalue weighted by Gasteiger charge is -2.34. The molecule has 0 aliphatic carbocycles. The summed E-state index contributed by atoms with van der Waals surface area (Å²) in [7, 11) is 0. The summed E-state index contributed by atoms with van der Waals surface area (Å²) < 4.78 is 4.99. The van der Waals surface area contributed by atoms with Crippen LogP contribution in [0.25, 0.3) is 0 Å². The van der Waals surface area contributed by atoms with Gasteiger partial charge in [-0.05, 0) is 32.9 Å². The van der Waals surface area contributed by atoms with Crippen LogP contribution in [-0.2, 0) is 4.74 Å². The van der Waals surface area contributed by atoms with Crippen molar-refractivity contribution in [1.82, 2.24) is 14.8 Å². The Morgan fingerprint density at radius 3 is 2.52 bits per heavy atom. The Bertz CT molecular complexity index is 554. The molecule has 1 aliphatic rings. The zero-order chi connectivity index (χ0) is 16.8. The van der Waals surface area contributed by atoms with Gasteiger partial charge in [0.1, 0.15) is 5.82 Å². The van der Waals surface area contributed by atoms with E-state index in [1.165, 1.54) is 0 Å². The van der Waals surface area contributed by atoms with Crippen molar-refractivity contribution in [1.29, 1.82) is 0 Å². The smallest absolute Gasteiger partial charge is 0.409 e. The second kappa shape index (κ2) is 7.80. The van der Waals surface area contributed by atoms with Gasteiger partial charge in [0.25, 0.3) is 5.91 Å². The van der Waals surface area contributed by atoms with E-state index in [4.69, 9.17) is 4.74 Å². The van der Waals surface area contributed by atoms with Gasteiger partial charge in [0.2, 0.25) is 0 Å². The number of nitrogens with one attached hydrogen (secondary N) is 1. The lowest BCUT2D eigenvalue weighted by atomic mass is 10.2. The predicted molar refractivity (Wildman–Crippen MR) is 87.5 cm³/mol. The Balaban J connectivity index is 2.01. The summed E-state index contributed by atoms with van der Waals surface area (Å²) in [5.74, 6) is 0.532. The van der Waals surface area contributed by atoms with Gasteiger partial charge in [-0.15, -0.1) is 0 Å². The minimum atomic E-state index is -0.317. The highest BCUT2D eigenvalue weighted by atomic mass is 16.6. The Morgan fingerprint density at radius 2 is 1.91 bits per heavy atom. The van der Waals surface area contributed by atoms with Gasteiger partial charge >= 0.3 is 6.09 Å². The van der Waals surface area contributed by atoms with Gasteiger partial charge in [0, 0.05) is 38.4 Å². The first-order valence-electron chi connectivity index (χ1n) is 7.95. The van der Waals surface area contributed by atoms with Crippen LogP contribution in [0.15, 0.2) is 18.3 Å².